The predicted molar refractivity (Wildman–Crippen MR) is 106 cm³/mol. The van der Waals surface area contributed by atoms with Crippen molar-refractivity contribution in [3.05, 3.63) is 78.5 Å². The SMILES string of the molecule is C=CCN1C(=O)C(Nc2cccc(OCCC)c2)=C(c2ccccc2)C1=O. The zero-order valence-electron chi connectivity index (χ0n) is 15.3. The van der Waals surface area contributed by atoms with Crippen molar-refractivity contribution in [2.24, 2.45) is 0 Å². The molecule has 0 radical (unpaired) electrons. The molecule has 2 aromatic carbocycles. The van der Waals surface area contributed by atoms with E-state index in [2.05, 4.69) is 11.9 Å². The Morgan fingerprint density at radius 1 is 1.07 bits per heavy atom. The van der Waals surface area contributed by atoms with E-state index >= 15 is 0 Å². The van der Waals surface area contributed by atoms with Gasteiger partial charge in [-0.15, -0.1) is 6.58 Å². The second kappa shape index (κ2) is 8.36. The van der Waals surface area contributed by atoms with Gasteiger partial charge >= 0.3 is 0 Å². The van der Waals surface area contributed by atoms with Crippen LogP contribution in [0.15, 0.2) is 72.9 Å². The van der Waals surface area contributed by atoms with E-state index in [9.17, 15) is 9.59 Å². The van der Waals surface area contributed by atoms with Crippen LogP contribution in [-0.4, -0.2) is 29.9 Å². The normalized spacial score (nSPS) is 13.9. The Hall–Kier alpha value is -3.34. The summed E-state index contributed by atoms with van der Waals surface area (Å²) in [5.74, 6) is 0.0223. The Morgan fingerprint density at radius 3 is 2.56 bits per heavy atom. The molecule has 0 atom stereocenters. The maximum Gasteiger partial charge on any atom is 0.278 e. The molecule has 1 heterocycles. The highest BCUT2D eigenvalue weighted by Crippen LogP contribution is 2.31. The number of imide groups is 1. The monoisotopic (exact) mass is 362 g/mol. The first-order valence-electron chi connectivity index (χ1n) is 8.92. The topological polar surface area (TPSA) is 58.6 Å². The number of nitrogens with one attached hydrogen (secondary N) is 1. The molecule has 0 spiro atoms. The number of carbonyl (C=O) groups is 2. The van der Waals surface area contributed by atoms with Gasteiger partial charge in [0.15, 0.2) is 0 Å². The first kappa shape index (κ1) is 18.5. The van der Waals surface area contributed by atoms with Gasteiger partial charge in [0.2, 0.25) is 0 Å². The fourth-order valence-corrected chi connectivity index (χ4v) is 2.89. The molecule has 1 aliphatic rings. The van der Waals surface area contributed by atoms with Gasteiger partial charge in [-0.1, -0.05) is 49.4 Å². The van der Waals surface area contributed by atoms with Crippen LogP contribution in [0.25, 0.3) is 5.57 Å². The molecular weight excluding hydrogens is 340 g/mol. The summed E-state index contributed by atoms with van der Waals surface area (Å²) in [5, 5.41) is 3.13. The molecule has 0 saturated carbocycles. The molecule has 0 unspecified atom stereocenters. The highest BCUT2D eigenvalue weighted by Gasteiger charge is 2.38. The summed E-state index contributed by atoms with van der Waals surface area (Å²) in [6.45, 7) is 6.46. The Kier molecular flexibility index (Phi) is 5.71. The van der Waals surface area contributed by atoms with Crippen molar-refractivity contribution in [2.75, 3.05) is 18.5 Å². The number of amides is 2. The van der Waals surface area contributed by atoms with E-state index < -0.39 is 0 Å². The molecule has 1 aliphatic heterocycles. The summed E-state index contributed by atoms with van der Waals surface area (Å²) in [5.41, 5.74) is 2.01. The maximum atomic E-state index is 12.9. The van der Waals surface area contributed by atoms with Gasteiger partial charge in [-0.05, 0) is 24.1 Å². The molecule has 0 aliphatic carbocycles. The fraction of sp³-hybridized carbons (Fsp3) is 0.182. The van der Waals surface area contributed by atoms with Crippen molar-refractivity contribution in [2.45, 2.75) is 13.3 Å². The number of ether oxygens (including phenoxy) is 1. The quantitative estimate of drug-likeness (QED) is 0.572. The van der Waals surface area contributed by atoms with Gasteiger partial charge in [0.1, 0.15) is 11.4 Å². The van der Waals surface area contributed by atoms with Gasteiger partial charge in [0.05, 0.1) is 12.2 Å². The highest BCUT2D eigenvalue weighted by molar-refractivity contribution is 6.36. The standard InChI is InChI=1S/C22H22N2O3/c1-3-13-24-21(25)19(16-9-6-5-7-10-16)20(22(24)26)23-17-11-8-12-18(15-17)27-14-4-2/h3,5-12,15,23H,1,4,13-14H2,2H3. The lowest BCUT2D eigenvalue weighted by Gasteiger charge is -2.13. The van der Waals surface area contributed by atoms with E-state index in [1.807, 2.05) is 61.5 Å². The second-order valence-corrected chi connectivity index (χ2v) is 6.13. The third kappa shape index (κ3) is 3.92. The lowest BCUT2D eigenvalue weighted by atomic mass is 10.0. The molecule has 5 heteroatoms. The van der Waals surface area contributed by atoms with Crippen molar-refractivity contribution in [1.29, 1.82) is 0 Å². The summed E-state index contributed by atoms with van der Waals surface area (Å²) in [6.07, 6.45) is 2.45. The average molecular weight is 362 g/mol. The average Bonchev–Trinajstić information content (AvgIpc) is 2.92. The number of nitrogens with zero attached hydrogens (tertiary/aromatic N) is 1. The molecule has 0 saturated heterocycles. The Balaban J connectivity index is 1.98. The third-order valence-corrected chi connectivity index (χ3v) is 4.12. The van der Waals surface area contributed by atoms with Crippen LogP contribution < -0.4 is 10.1 Å². The summed E-state index contributed by atoms with van der Waals surface area (Å²) >= 11 is 0. The maximum absolute atomic E-state index is 12.9. The van der Waals surface area contributed by atoms with Gasteiger partial charge in [-0.25, -0.2) is 0 Å². The number of benzene rings is 2. The van der Waals surface area contributed by atoms with Crippen LogP contribution in [-0.2, 0) is 9.59 Å². The largest absolute Gasteiger partial charge is 0.494 e. The Morgan fingerprint density at radius 2 is 1.85 bits per heavy atom. The van der Waals surface area contributed by atoms with Crippen LogP contribution in [0.5, 0.6) is 5.75 Å². The minimum Gasteiger partial charge on any atom is -0.494 e. The summed E-state index contributed by atoms with van der Waals surface area (Å²) in [4.78, 5) is 26.9. The van der Waals surface area contributed by atoms with E-state index in [0.29, 0.717) is 29.2 Å². The van der Waals surface area contributed by atoms with Gasteiger partial charge < -0.3 is 10.1 Å². The molecule has 138 valence electrons. The lowest BCUT2D eigenvalue weighted by Crippen LogP contribution is -2.32. The van der Waals surface area contributed by atoms with Crippen molar-refractivity contribution in [3.8, 4) is 5.75 Å². The molecule has 3 rings (SSSR count). The summed E-state index contributed by atoms with van der Waals surface area (Å²) in [7, 11) is 0. The van der Waals surface area contributed by atoms with Crippen molar-refractivity contribution in [3.63, 3.8) is 0 Å². The van der Waals surface area contributed by atoms with Gasteiger partial charge in [-0.3, -0.25) is 14.5 Å². The molecule has 0 aromatic heterocycles. The van der Waals surface area contributed by atoms with Crippen LogP contribution in [0.4, 0.5) is 5.69 Å². The summed E-state index contributed by atoms with van der Waals surface area (Å²) < 4.78 is 5.65. The van der Waals surface area contributed by atoms with Gasteiger partial charge in [-0.2, -0.15) is 0 Å². The van der Waals surface area contributed by atoms with Crippen molar-refractivity contribution >= 4 is 23.1 Å². The fourth-order valence-electron chi connectivity index (χ4n) is 2.89. The van der Waals surface area contributed by atoms with E-state index in [1.54, 1.807) is 6.08 Å². The zero-order valence-corrected chi connectivity index (χ0v) is 15.3. The van der Waals surface area contributed by atoms with Crippen LogP contribution in [0, 0.1) is 0 Å². The lowest BCUT2D eigenvalue weighted by molar-refractivity contribution is -0.136. The Bertz CT molecular complexity index is 887. The minimum absolute atomic E-state index is 0.166. The first-order chi connectivity index (χ1) is 13.2. The van der Waals surface area contributed by atoms with E-state index in [4.69, 9.17) is 4.74 Å². The Labute approximate surface area is 158 Å². The minimum atomic E-state index is -0.362. The summed E-state index contributed by atoms with van der Waals surface area (Å²) in [6, 6.07) is 16.6. The number of hydrogen-bond donors (Lipinski definition) is 1. The number of anilines is 1. The highest BCUT2D eigenvalue weighted by atomic mass is 16.5. The smallest absolute Gasteiger partial charge is 0.278 e. The molecule has 2 amide bonds. The first-order valence-corrected chi connectivity index (χ1v) is 8.92. The predicted octanol–water partition coefficient (Wildman–Crippen LogP) is 3.85. The van der Waals surface area contributed by atoms with Crippen molar-refractivity contribution in [1.82, 2.24) is 4.90 Å². The molecule has 0 bridgehead atoms. The van der Waals surface area contributed by atoms with Crippen LogP contribution in [0.2, 0.25) is 0 Å². The molecule has 27 heavy (non-hydrogen) atoms. The molecule has 2 aromatic rings. The van der Waals surface area contributed by atoms with Gasteiger partial charge in [0.25, 0.3) is 11.8 Å². The van der Waals surface area contributed by atoms with E-state index in [1.165, 1.54) is 4.90 Å². The number of carbonyl (C=O) groups excluding carboxylic acids is 2. The zero-order chi connectivity index (χ0) is 19.2. The number of hydrogen-bond acceptors (Lipinski definition) is 4. The molecule has 1 N–H and O–H groups in total. The molecule has 5 nitrogen and oxygen atoms in total. The van der Waals surface area contributed by atoms with Crippen molar-refractivity contribution < 1.29 is 14.3 Å². The number of rotatable bonds is 8. The van der Waals surface area contributed by atoms with Crippen LogP contribution >= 0.6 is 0 Å². The molecule has 0 fully saturated rings. The van der Waals surface area contributed by atoms with Gasteiger partial charge in [0, 0.05) is 18.3 Å². The third-order valence-electron chi connectivity index (χ3n) is 4.12. The van der Waals surface area contributed by atoms with E-state index in [0.717, 1.165) is 6.42 Å². The van der Waals surface area contributed by atoms with Crippen LogP contribution in [0.3, 0.4) is 0 Å². The second-order valence-electron chi connectivity index (χ2n) is 6.13. The molecular formula is C22H22N2O3. The van der Waals surface area contributed by atoms with E-state index in [-0.39, 0.29) is 24.1 Å². The van der Waals surface area contributed by atoms with Crippen LogP contribution in [0.1, 0.15) is 18.9 Å².